The first kappa shape index (κ1) is 17.8. The summed E-state index contributed by atoms with van der Waals surface area (Å²) in [5.74, 6) is -0.822. The fraction of sp³-hybridized carbons (Fsp3) is 0.278. The molecule has 1 amide bonds. The molecule has 1 heterocycles. The van der Waals surface area contributed by atoms with Crippen LogP contribution >= 0.6 is 11.6 Å². The highest BCUT2D eigenvalue weighted by Gasteiger charge is 2.59. The van der Waals surface area contributed by atoms with Gasteiger partial charge in [-0.15, -0.1) is 0 Å². The number of anilines is 1. The summed E-state index contributed by atoms with van der Waals surface area (Å²) in [6.45, 7) is 3.55. The Labute approximate surface area is 147 Å². The van der Waals surface area contributed by atoms with Crippen LogP contribution in [0.4, 0.5) is 18.9 Å². The van der Waals surface area contributed by atoms with Gasteiger partial charge in [0.1, 0.15) is 0 Å². The van der Waals surface area contributed by atoms with Crippen LogP contribution in [0.25, 0.3) is 0 Å². The average molecular weight is 370 g/mol. The number of rotatable bonds is 3. The summed E-state index contributed by atoms with van der Waals surface area (Å²) in [6, 6.07) is 11.4. The smallest absolute Gasteiger partial charge is 0.268 e. The molecule has 0 spiro atoms. The highest BCUT2D eigenvalue weighted by atomic mass is 35.5. The predicted molar refractivity (Wildman–Crippen MR) is 88.0 cm³/mol. The Kier molecular flexibility index (Phi) is 4.29. The molecule has 0 aromatic heterocycles. The van der Waals surface area contributed by atoms with Crippen LogP contribution in [0.3, 0.4) is 0 Å². The summed E-state index contributed by atoms with van der Waals surface area (Å²) in [5.41, 5.74) is -2.01. The van der Waals surface area contributed by atoms with Crippen molar-refractivity contribution in [3.05, 3.63) is 64.7 Å². The van der Waals surface area contributed by atoms with E-state index in [0.29, 0.717) is 10.6 Å². The minimum absolute atomic E-state index is 0.282. The molecule has 0 aliphatic carbocycles. The summed E-state index contributed by atoms with van der Waals surface area (Å²) in [4.78, 5) is 18.6. The predicted octanol–water partition coefficient (Wildman–Crippen LogP) is 5.19. The van der Waals surface area contributed by atoms with Gasteiger partial charge >= 0.3 is 6.18 Å². The molecule has 1 aliphatic rings. The molecule has 1 atom stereocenters. The zero-order valence-corrected chi connectivity index (χ0v) is 14.2. The van der Waals surface area contributed by atoms with Crippen molar-refractivity contribution in [1.29, 1.82) is 0 Å². The maximum Gasteiger partial charge on any atom is 0.418 e. The topological polar surface area (TPSA) is 29.5 Å². The van der Waals surface area contributed by atoms with Crippen LogP contribution < -0.4 is 5.06 Å². The normalized spacial score (nSPS) is 20.8. The highest BCUT2D eigenvalue weighted by Crippen LogP contribution is 2.48. The summed E-state index contributed by atoms with van der Waals surface area (Å²) >= 11 is 5.87. The zero-order valence-electron chi connectivity index (χ0n) is 13.5. The number of hydrogen-bond acceptors (Lipinski definition) is 2. The highest BCUT2D eigenvalue weighted by molar-refractivity contribution is 6.30. The third-order valence-corrected chi connectivity index (χ3v) is 4.50. The van der Waals surface area contributed by atoms with Crippen molar-refractivity contribution >= 4 is 23.2 Å². The van der Waals surface area contributed by atoms with Gasteiger partial charge in [-0.25, -0.2) is 4.84 Å². The SMILES string of the molecule is CC(C)[C@]1(c2ccc(Cl)cc2)ON(c2ccccc2C(F)(F)F)C1=O. The van der Waals surface area contributed by atoms with Gasteiger partial charge in [-0.05, 0) is 35.7 Å². The largest absolute Gasteiger partial charge is 0.418 e. The molecule has 3 rings (SSSR count). The van der Waals surface area contributed by atoms with Gasteiger partial charge in [0.25, 0.3) is 5.91 Å². The van der Waals surface area contributed by atoms with Crippen molar-refractivity contribution in [3.8, 4) is 0 Å². The summed E-state index contributed by atoms with van der Waals surface area (Å²) in [6.07, 6.45) is -4.59. The van der Waals surface area contributed by atoms with E-state index in [9.17, 15) is 18.0 Å². The van der Waals surface area contributed by atoms with Crippen LogP contribution in [0.2, 0.25) is 5.02 Å². The maximum absolute atomic E-state index is 13.2. The summed E-state index contributed by atoms with van der Waals surface area (Å²) < 4.78 is 39.6. The van der Waals surface area contributed by atoms with Crippen LogP contribution in [0, 0.1) is 5.92 Å². The van der Waals surface area contributed by atoms with Crippen LogP contribution in [0.5, 0.6) is 0 Å². The standard InChI is InChI=1S/C18H15ClF3NO2/c1-11(2)17(12-7-9-13(19)10-8-12)16(24)23(25-17)15-6-4-3-5-14(15)18(20,21)22/h3-11H,1-2H3/t17-/m1/s1. The van der Waals surface area contributed by atoms with Crippen molar-refractivity contribution in [2.45, 2.75) is 25.6 Å². The van der Waals surface area contributed by atoms with Gasteiger partial charge in [0.05, 0.1) is 11.3 Å². The molecule has 25 heavy (non-hydrogen) atoms. The third-order valence-electron chi connectivity index (χ3n) is 4.25. The van der Waals surface area contributed by atoms with Gasteiger partial charge in [0.15, 0.2) is 0 Å². The lowest BCUT2D eigenvalue weighted by Crippen LogP contribution is -2.65. The number of carbonyl (C=O) groups is 1. The molecule has 2 aromatic carbocycles. The van der Waals surface area contributed by atoms with E-state index in [1.807, 2.05) is 0 Å². The average Bonchev–Trinajstić information content (AvgIpc) is 2.54. The Bertz CT molecular complexity index is 805. The van der Waals surface area contributed by atoms with E-state index in [4.69, 9.17) is 16.4 Å². The van der Waals surface area contributed by atoms with Crippen LogP contribution in [0.1, 0.15) is 25.0 Å². The van der Waals surface area contributed by atoms with Crippen LogP contribution in [0.15, 0.2) is 48.5 Å². The second kappa shape index (κ2) is 6.04. The minimum Gasteiger partial charge on any atom is -0.268 e. The molecule has 7 heteroatoms. The Morgan fingerprint density at radius 3 is 2.20 bits per heavy atom. The molecule has 0 N–H and O–H groups in total. The van der Waals surface area contributed by atoms with Crippen molar-refractivity contribution in [2.24, 2.45) is 5.92 Å². The lowest BCUT2D eigenvalue weighted by molar-refractivity contribution is -0.202. The van der Waals surface area contributed by atoms with E-state index >= 15 is 0 Å². The number of nitrogens with zero attached hydrogens (tertiary/aromatic N) is 1. The molecular formula is C18H15ClF3NO2. The third kappa shape index (κ3) is 2.79. The molecule has 3 nitrogen and oxygen atoms in total. The molecule has 0 radical (unpaired) electrons. The first-order valence-corrected chi connectivity index (χ1v) is 8.01. The van der Waals surface area contributed by atoms with E-state index in [0.717, 1.165) is 11.1 Å². The van der Waals surface area contributed by atoms with Crippen LogP contribution in [-0.2, 0) is 21.4 Å². The van der Waals surface area contributed by atoms with E-state index < -0.39 is 23.2 Å². The number of para-hydroxylation sites is 1. The van der Waals surface area contributed by atoms with Gasteiger partial charge in [-0.2, -0.15) is 18.2 Å². The second-order valence-electron chi connectivity index (χ2n) is 6.10. The first-order chi connectivity index (χ1) is 11.7. The number of benzene rings is 2. The quantitative estimate of drug-likeness (QED) is 0.745. The van der Waals surface area contributed by atoms with Gasteiger partial charge in [0.2, 0.25) is 5.60 Å². The van der Waals surface area contributed by atoms with Crippen molar-refractivity contribution in [3.63, 3.8) is 0 Å². The Hall–Kier alpha value is -2.05. The molecule has 1 saturated heterocycles. The van der Waals surface area contributed by atoms with Crippen LogP contribution in [-0.4, -0.2) is 5.91 Å². The first-order valence-electron chi connectivity index (χ1n) is 7.64. The summed E-state index contributed by atoms with van der Waals surface area (Å²) in [7, 11) is 0. The number of hydrogen-bond donors (Lipinski definition) is 0. The lowest BCUT2D eigenvalue weighted by atomic mass is 9.80. The van der Waals surface area contributed by atoms with Gasteiger partial charge < -0.3 is 0 Å². The maximum atomic E-state index is 13.2. The molecule has 0 saturated carbocycles. The number of halogens is 4. The molecule has 0 bridgehead atoms. The number of hydroxylamine groups is 1. The monoisotopic (exact) mass is 369 g/mol. The Morgan fingerprint density at radius 1 is 1.08 bits per heavy atom. The van der Waals surface area contributed by atoms with Crippen molar-refractivity contribution < 1.29 is 22.8 Å². The fourth-order valence-electron chi connectivity index (χ4n) is 2.94. The molecule has 0 unspecified atom stereocenters. The summed E-state index contributed by atoms with van der Waals surface area (Å²) in [5, 5.41) is 1.21. The molecule has 2 aromatic rings. The minimum atomic E-state index is -4.59. The molecular weight excluding hydrogens is 355 g/mol. The molecule has 1 fully saturated rings. The molecule has 132 valence electrons. The van der Waals surface area contributed by atoms with Gasteiger partial charge in [-0.1, -0.05) is 49.7 Å². The lowest BCUT2D eigenvalue weighted by Gasteiger charge is -2.50. The number of carbonyl (C=O) groups excluding carboxylic acids is 1. The number of alkyl halides is 3. The number of amides is 1. The molecule has 1 aliphatic heterocycles. The van der Waals surface area contributed by atoms with E-state index in [1.165, 1.54) is 18.2 Å². The second-order valence-corrected chi connectivity index (χ2v) is 6.54. The van der Waals surface area contributed by atoms with Crippen molar-refractivity contribution in [2.75, 3.05) is 5.06 Å². The Balaban J connectivity index is 2.01. The Morgan fingerprint density at radius 2 is 1.68 bits per heavy atom. The van der Waals surface area contributed by atoms with E-state index in [-0.39, 0.29) is 11.6 Å². The van der Waals surface area contributed by atoms with Gasteiger partial charge in [-0.3, -0.25) is 4.79 Å². The zero-order chi connectivity index (χ0) is 18.4. The van der Waals surface area contributed by atoms with E-state index in [2.05, 4.69) is 0 Å². The fourth-order valence-corrected chi connectivity index (χ4v) is 3.07. The van der Waals surface area contributed by atoms with Gasteiger partial charge in [0, 0.05) is 5.02 Å². The van der Waals surface area contributed by atoms with Crippen molar-refractivity contribution in [1.82, 2.24) is 0 Å². The van der Waals surface area contributed by atoms with E-state index in [1.54, 1.807) is 38.1 Å².